The Balaban J connectivity index is 1.62. The Bertz CT molecular complexity index is 685. The van der Waals surface area contributed by atoms with Gasteiger partial charge in [0.2, 0.25) is 0 Å². The molecular formula is C19H26FN3O3. The van der Waals surface area contributed by atoms with E-state index in [0.717, 1.165) is 12.8 Å². The molecule has 2 amide bonds. The van der Waals surface area contributed by atoms with Crippen molar-refractivity contribution >= 4 is 23.4 Å². The molecule has 0 aromatic heterocycles. The van der Waals surface area contributed by atoms with Crippen molar-refractivity contribution in [2.45, 2.75) is 56.5 Å². The van der Waals surface area contributed by atoms with Crippen molar-refractivity contribution in [1.82, 2.24) is 5.32 Å². The predicted molar refractivity (Wildman–Crippen MR) is 97.8 cm³/mol. The number of methoxy groups -OCH3 is 1. The van der Waals surface area contributed by atoms with Crippen LogP contribution in [0.5, 0.6) is 0 Å². The topological polar surface area (TPSA) is 70.7 Å². The van der Waals surface area contributed by atoms with E-state index in [1.54, 1.807) is 12.1 Å². The highest BCUT2D eigenvalue weighted by atomic mass is 19.1. The maximum absolute atomic E-state index is 14.6. The molecule has 2 aliphatic carbocycles. The zero-order chi connectivity index (χ0) is 18.7. The highest BCUT2D eigenvalue weighted by Gasteiger charge is 2.52. The van der Waals surface area contributed by atoms with Crippen LogP contribution in [0.15, 0.2) is 18.2 Å². The van der Waals surface area contributed by atoms with Gasteiger partial charge >= 0.3 is 12.0 Å². The van der Waals surface area contributed by atoms with Crippen molar-refractivity contribution in [3.8, 4) is 0 Å². The number of benzene rings is 1. The van der Waals surface area contributed by atoms with Crippen LogP contribution >= 0.6 is 0 Å². The molecule has 1 aromatic carbocycles. The second kappa shape index (κ2) is 7.51. The lowest BCUT2D eigenvalue weighted by atomic mass is 9.94. The Morgan fingerprint density at radius 1 is 1.23 bits per heavy atom. The number of ether oxygens (including phenoxy) is 1. The predicted octanol–water partition coefficient (Wildman–Crippen LogP) is 3.42. The Morgan fingerprint density at radius 2 is 1.92 bits per heavy atom. The number of rotatable bonds is 5. The van der Waals surface area contributed by atoms with Gasteiger partial charge in [0, 0.05) is 18.8 Å². The van der Waals surface area contributed by atoms with E-state index in [1.807, 2.05) is 11.9 Å². The minimum absolute atomic E-state index is 0.349. The average molecular weight is 363 g/mol. The van der Waals surface area contributed by atoms with E-state index in [0.29, 0.717) is 30.3 Å². The number of carbonyl (C=O) groups excluding carboxylic acids is 2. The molecule has 0 atom stereocenters. The quantitative estimate of drug-likeness (QED) is 0.787. The Hall–Kier alpha value is -2.31. The van der Waals surface area contributed by atoms with Crippen LogP contribution in [-0.2, 0) is 9.53 Å². The number of nitrogens with one attached hydrogen (secondary N) is 2. The van der Waals surface area contributed by atoms with Crippen LogP contribution < -0.4 is 15.5 Å². The van der Waals surface area contributed by atoms with Gasteiger partial charge in [-0.05, 0) is 43.9 Å². The van der Waals surface area contributed by atoms with Crippen molar-refractivity contribution in [3.05, 3.63) is 24.0 Å². The summed E-state index contributed by atoms with van der Waals surface area (Å²) in [4.78, 5) is 25.8. The van der Waals surface area contributed by atoms with E-state index in [-0.39, 0.29) is 5.82 Å². The molecule has 2 saturated carbocycles. The van der Waals surface area contributed by atoms with Gasteiger partial charge in [0.05, 0.1) is 12.8 Å². The molecule has 7 heteroatoms. The van der Waals surface area contributed by atoms with Crippen LogP contribution in [-0.4, -0.2) is 37.7 Å². The van der Waals surface area contributed by atoms with Crippen LogP contribution in [0.2, 0.25) is 0 Å². The lowest BCUT2D eigenvalue weighted by Gasteiger charge is -2.33. The van der Waals surface area contributed by atoms with Crippen LogP contribution in [0, 0.1) is 5.82 Å². The van der Waals surface area contributed by atoms with E-state index < -0.39 is 17.5 Å². The first-order valence-electron chi connectivity index (χ1n) is 9.15. The summed E-state index contributed by atoms with van der Waals surface area (Å²) < 4.78 is 19.3. The number of nitrogens with zero attached hydrogens (tertiary/aromatic N) is 1. The number of urea groups is 1. The maximum Gasteiger partial charge on any atom is 0.331 e. The van der Waals surface area contributed by atoms with Gasteiger partial charge in [-0.3, -0.25) is 0 Å². The van der Waals surface area contributed by atoms with Gasteiger partial charge < -0.3 is 20.3 Å². The molecule has 2 aliphatic rings. The SMILES string of the molecule is COC(=O)C1(NC(=O)Nc2ccc(N(C)C3CCCCC3)c(F)c2)CC1. The minimum atomic E-state index is -0.932. The summed E-state index contributed by atoms with van der Waals surface area (Å²) in [6.45, 7) is 0. The molecule has 0 spiro atoms. The molecule has 6 nitrogen and oxygen atoms in total. The Labute approximate surface area is 153 Å². The zero-order valence-electron chi connectivity index (χ0n) is 15.3. The third-order valence-corrected chi connectivity index (χ3v) is 5.39. The van der Waals surface area contributed by atoms with Crippen molar-refractivity contribution in [2.75, 3.05) is 24.4 Å². The van der Waals surface area contributed by atoms with Crippen LogP contribution in [0.3, 0.4) is 0 Å². The smallest absolute Gasteiger partial charge is 0.331 e. The summed E-state index contributed by atoms with van der Waals surface area (Å²) in [5.74, 6) is -0.826. The first kappa shape index (κ1) is 18.5. The van der Waals surface area contributed by atoms with Crippen LogP contribution in [0.4, 0.5) is 20.6 Å². The highest BCUT2D eigenvalue weighted by molar-refractivity contribution is 5.96. The molecule has 0 saturated heterocycles. The summed E-state index contributed by atoms with van der Waals surface area (Å²) in [7, 11) is 3.21. The van der Waals surface area contributed by atoms with Gasteiger partial charge in [-0.25, -0.2) is 14.0 Å². The average Bonchev–Trinajstić information content (AvgIpc) is 3.41. The number of hydrogen-bond donors (Lipinski definition) is 2. The Kier molecular flexibility index (Phi) is 5.34. The second-order valence-electron chi connectivity index (χ2n) is 7.22. The lowest BCUT2D eigenvalue weighted by Crippen LogP contribution is -2.45. The fourth-order valence-corrected chi connectivity index (χ4v) is 3.62. The molecule has 142 valence electrons. The largest absolute Gasteiger partial charge is 0.467 e. The molecule has 0 aliphatic heterocycles. The van der Waals surface area contributed by atoms with E-state index >= 15 is 0 Å². The van der Waals surface area contributed by atoms with Gasteiger partial charge in [-0.2, -0.15) is 0 Å². The van der Waals surface area contributed by atoms with Gasteiger partial charge in [0.1, 0.15) is 11.4 Å². The highest BCUT2D eigenvalue weighted by Crippen LogP contribution is 2.36. The molecular weight excluding hydrogens is 337 g/mol. The third-order valence-electron chi connectivity index (χ3n) is 5.39. The van der Waals surface area contributed by atoms with Gasteiger partial charge in [-0.1, -0.05) is 19.3 Å². The van der Waals surface area contributed by atoms with Crippen LogP contribution in [0.1, 0.15) is 44.9 Å². The first-order valence-corrected chi connectivity index (χ1v) is 9.15. The van der Waals surface area contributed by atoms with Crippen molar-refractivity contribution in [3.63, 3.8) is 0 Å². The van der Waals surface area contributed by atoms with E-state index in [9.17, 15) is 14.0 Å². The molecule has 0 radical (unpaired) electrons. The summed E-state index contributed by atoms with van der Waals surface area (Å²) in [6.07, 6.45) is 6.86. The van der Waals surface area contributed by atoms with Gasteiger partial charge in [0.25, 0.3) is 0 Å². The van der Waals surface area contributed by atoms with Gasteiger partial charge in [-0.15, -0.1) is 0 Å². The molecule has 26 heavy (non-hydrogen) atoms. The van der Waals surface area contributed by atoms with E-state index in [2.05, 4.69) is 10.6 Å². The molecule has 1 aromatic rings. The molecule has 0 bridgehead atoms. The van der Waals surface area contributed by atoms with Gasteiger partial charge in [0.15, 0.2) is 0 Å². The standard InChI is InChI=1S/C19H26FN3O3/c1-23(14-6-4-3-5-7-14)16-9-8-13(12-15(16)20)21-18(25)22-19(10-11-19)17(24)26-2/h8-9,12,14H,3-7,10-11H2,1-2H3,(H2,21,22,25). The van der Waals surface area contributed by atoms with Crippen molar-refractivity contribution in [2.24, 2.45) is 0 Å². The molecule has 2 fully saturated rings. The molecule has 0 unspecified atom stereocenters. The number of amides is 2. The van der Waals surface area contributed by atoms with E-state index in [1.165, 1.54) is 32.4 Å². The summed E-state index contributed by atoms with van der Waals surface area (Å²) >= 11 is 0. The lowest BCUT2D eigenvalue weighted by molar-refractivity contribution is -0.144. The summed E-state index contributed by atoms with van der Waals surface area (Å²) in [5, 5.41) is 5.20. The van der Waals surface area contributed by atoms with Crippen molar-refractivity contribution in [1.29, 1.82) is 0 Å². The molecule has 0 heterocycles. The van der Waals surface area contributed by atoms with E-state index in [4.69, 9.17) is 4.74 Å². The zero-order valence-corrected chi connectivity index (χ0v) is 15.3. The number of esters is 1. The maximum atomic E-state index is 14.6. The molecule has 2 N–H and O–H groups in total. The fourth-order valence-electron chi connectivity index (χ4n) is 3.62. The Morgan fingerprint density at radius 3 is 2.50 bits per heavy atom. The monoisotopic (exact) mass is 363 g/mol. The summed E-state index contributed by atoms with van der Waals surface area (Å²) in [5.41, 5.74) is -0.0454. The number of halogens is 1. The third kappa shape index (κ3) is 3.92. The van der Waals surface area contributed by atoms with Crippen LogP contribution in [0.25, 0.3) is 0 Å². The molecule has 3 rings (SSSR count). The first-order chi connectivity index (χ1) is 12.4. The number of carbonyl (C=O) groups is 2. The summed E-state index contributed by atoms with van der Waals surface area (Å²) in [6, 6.07) is 4.49. The van der Waals surface area contributed by atoms with Crippen molar-refractivity contribution < 1.29 is 18.7 Å². The fraction of sp³-hybridized carbons (Fsp3) is 0.579. The minimum Gasteiger partial charge on any atom is -0.467 e. The number of anilines is 2. The number of hydrogen-bond acceptors (Lipinski definition) is 4. The second-order valence-corrected chi connectivity index (χ2v) is 7.22. The normalized spacial score (nSPS) is 18.7.